The summed E-state index contributed by atoms with van der Waals surface area (Å²) in [6.45, 7) is 6.73. The lowest BCUT2D eigenvalue weighted by atomic mass is 9.75. The van der Waals surface area contributed by atoms with Gasteiger partial charge in [0.1, 0.15) is 6.10 Å². The van der Waals surface area contributed by atoms with Crippen LogP contribution < -0.4 is 0 Å². The van der Waals surface area contributed by atoms with Gasteiger partial charge in [0.2, 0.25) is 0 Å². The molecule has 0 aromatic heterocycles. The Morgan fingerprint density at radius 2 is 2.00 bits per heavy atom. The molecule has 0 N–H and O–H groups in total. The number of rotatable bonds is 5. The van der Waals surface area contributed by atoms with Crippen LogP contribution in [0.1, 0.15) is 40.0 Å². The Morgan fingerprint density at radius 3 is 2.67 bits per heavy atom. The van der Waals surface area contributed by atoms with Crippen LogP contribution >= 0.6 is 11.8 Å². The van der Waals surface area contributed by atoms with Gasteiger partial charge in [-0.3, -0.25) is 4.79 Å². The van der Waals surface area contributed by atoms with Crippen LogP contribution in [0.15, 0.2) is 35.2 Å². The van der Waals surface area contributed by atoms with Crippen molar-refractivity contribution in [3.8, 4) is 0 Å². The van der Waals surface area contributed by atoms with Crippen molar-refractivity contribution in [2.75, 3.05) is 5.75 Å². The number of ether oxygens (including phenoxy) is 1. The maximum Gasteiger partial charge on any atom is 0.316 e. The minimum Gasteiger partial charge on any atom is -0.461 e. The highest BCUT2D eigenvalue weighted by molar-refractivity contribution is 8.00. The van der Waals surface area contributed by atoms with E-state index in [1.54, 1.807) is 11.8 Å². The maximum absolute atomic E-state index is 12.1. The molecular formula is C18H26O2S. The molecule has 1 fully saturated rings. The van der Waals surface area contributed by atoms with Gasteiger partial charge in [-0.25, -0.2) is 0 Å². The van der Waals surface area contributed by atoms with E-state index in [-0.39, 0.29) is 12.1 Å². The van der Waals surface area contributed by atoms with Gasteiger partial charge in [-0.2, -0.15) is 0 Å². The molecule has 2 rings (SSSR count). The van der Waals surface area contributed by atoms with Gasteiger partial charge >= 0.3 is 5.97 Å². The van der Waals surface area contributed by atoms with Crippen molar-refractivity contribution >= 4 is 17.7 Å². The van der Waals surface area contributed by atoms with E-state index in [1.165, 1.54) is 12.8 Å². The molecule has 0 bridgehead atoms. The summed E-state index contributed by atoms with van der Waals surface area (Å²) >= 11 is 1.55. The second-order valence-electron chi connectivity index (χ2n) is 6.46. The molecule has 0 unspecified atom stereocenters. The minimum absolute atomic E-state index is 0.0754. The normalized spacial score (nSPS) is 25.8. The van der Waals surface area contributed by atoms with Crippen LogP contribution in [0.5, 0.6) is 0 Å². The molecule has 116 valence electrons. The smallest absolute Gasteiger partial charge is 0.316 e. The lowest BCUT2D eigenvalue weighted by Crippen LogP contribution is -2.36. The summed E-state index contributed by atoms with van der Waals surface area (Å²) < 4.78 is 5.80. The standard InChI is InChI=1S/C18H26O2S/c1-13(2)16-10-9-14(3)11-17(16)20-18(19)12-21-15-7-5-4-6-8-15/h4-8,13-14,16-17H,9-12H2,1-3H3/t14-,16+,17-/m1/s1. The van der Waals surface area contributed by atoms with Crippen LogP contribution in [0.25, 0.3) is 0 Å². The predicted octanol–water partition coefficient (Wildman–Crippen LogP) is 4.78. The minimum atomic E-state index is -0.0754. The van der Waals surface area contributed by atoms with Crippen molar-refractivity contribution in [1.29, 1.82) is 0 Å². The fourth-order valence-electron chi connectivity index (χ4n) is 3.11. The van der Waals surface area contributed by atoms with E-state index in [0.717, 1.165) is 11.3 Å². The van der Waals surface area contributed by atoms with Crippen LogP contribution in [0.2, 0.25) is 0 Å². The van der Waals surface area contributed by atoms with Crippen molar-refractivity contribution in [2.24, 2.45) is 17.8 Å². The summed E-state index contributed by atoms with van der Waals surface area (Å²) in [6.07, 6.45) is 3.57. The number of carbonyl (C=O) groups is 1. The number of carbonyl (C=O) groups excluding carboxylic acids is 1. The molecule has 0 heterocycles. The number of esters is 1. The third kappa shape index (κ3) is 5.06. The number of thioether (sulfide) groups is 1. The summed E-state index contributed by atoms with van der Waals surface area (Å²) in [4.78, 5) is 13.2. The summed E-state index contributed by atoms with van der Waals surface area (Å²) in [6, 6.07) is 10.0. The zero-order valence-electron chi connectivity index (χ0n) is 13.2. The lowest BCUT2D eigenvalue weighted by Gasteiger charge is -2.36. The topological polar surface area (TPSA) is 26.3 Å². The van der Waals surface area contributed by atoms with Crippen molar-refractivity contribution in [1.82, 2.24) is 0 Å². The molecule has 1 aromatic carbocycles. The molecule has 3 heteroatoms. The van der Waals surface area contributed by atoms with E-state index in [2.05, 4.69) is 20.8 Å². The Morgan fingerprint density at radius 1 is 1.29 bits per heavy atom. The summed E-state index contributed by atoms with van der Waals surface area (Å²) in [5.74, 6) is 2.09. The maximum atomic E-state index is 12.1. The largest absolute Gasteiger partial charge is 0.461 e. The second-order valence-corrected chi connectivity index (χ2v) is 7.50. The molecular weight excluding hydrogens is 280 g/mol. The van der Waals surface area contributed by atoms with Gasteiger partial charge in [0.05, 0.1) is 5.75 Å². The average molecular weight is 306 g/mol. The molecule has 0 aliphatic heterocycles. The highest BCUT2D eigenvalue weighted by Crippen LogP contribution is 2.35. The van der Waals surface area contributed by atoms with Gasteiger partial charge in [0.15, 0.2) is 0 Å². The monoisotopic (exact) mass is 306 g/mol. The molecule has 1 saturated carbocycles. The zero-order valence-corrected chi connectivity index (χ0v) is 14.1. The number of hydrogen-bond donors (Lipinski definition) is 0. The quantitative estimate of drug-likeness (QED) is 0.578. The molecule has 2 nitrogen and oxygen atoms in total. The molecule has 1 aliphatic rings. The van der Waals surface area contributed by atoms with Gasteiger partial charge in [-0.15, -0.1) is 11.8 Å². The fraction of sp³-hybridized carbons (Fsp3) is 0.611. The van der Waals surface area contributed by atoms with E-state index in [4.69, 9.17) is 4.74 Å². The second kappa shape index (κ2) is 7.88. The molecule has 1 aromatic rings. The van der Waals surface area contributed by atoms with Crippen LogP contribution in [-0.2, 0) is 9.53 Å². The third-order valence-electron chi connectivity index (χ3n) is 4.34. The Bertz CT molecular complexity index is 444. The first-order chi connectivity index (χ1) is 10.1. The van der Waals surface area contributed by atoms with E-state index in [9.17, 15) is 4.79 Å². The van der Waals surface area contributed by atoms with Gasteiger partial charge in [0.25, 0.3) is 0 Å². The van der Waals surface area contributed by atoms with Crippen LogP contribution in [0.4, 0.5) is 0 Å². The van der Waals surface area contributed by atoms with Crippen LogP contribution in [0, 0.1) is 17.8 Å². The highest BCUT2D eigenvalue weighted by atomic mass is 32.2. The van der Waals surface area contributed by atoms with E-state index in [1.807, 2.05) is 30.3 Å². The number of benzene rings is 1. The molecule has 0 saturated heterocycles. The first-order valence-corrected chi connectivity index (χ1v) is 8.92. The van der Waals surface area contributed by atoms with Crippen molar-refractivity contribution in [3.05, 3.63) is 30.3 Å². The van der Waals surface area contributed by atoms with Crippen molar-refractivity contribution < 1.29 is 9.53 Å². The molecule has 0 amide bonds. The Balaban J connectivity index is 1.85. The molecule has 21 heavy (non-hydrogen) atoms. The Labute approximate surface area is 132 Å². The van der Waals surface area contributed by atoms with Crippen molar-refractivity contribution in [3.63, 3.8) is 0 Å². The first-order valence-electron chi connectivity index (χ1n) is 7.93. The van der Waals surface area contributed by atoms with Crippen LogP contribution in [-0.4, -0.2) is 17.8 Å². The van der Waals surface area contributed by atoms with E-state index < -0.39 is 0 Å². The van der Waals surface area contributed by atoms with Crippen LogP contribution in [0.3, 0.4) is 0 Å². The van der Waals surface area contributed by atoms with E-state index in [0.29, 0.717) is 23.5 Å². The lowest BCUT2D eigenvalue weighted by molar-refractivity contribution is -0.152. The van der Waals surface area contributed by atoms with Crippen molar-refractivity contribution in [2.45, 2.75) is 51.0 Å². The Kier molecular flexibility index (Phi) is 6.16. The summed E-state index contributed by atoms with van der Waals surface area (Å²) in [7, 11) is 0. The molecule has 0 spiro atoms. The SMILES string of the molecule is CC(C)[C@@H]1CC[C@@H](C)C[C@H]1OC(=O)CSc1ccccc1. The van der Waals surface area contributed by atoms with Gasteiger partial charge in [-0.05, 0) is 42.7 Å². The van der Waals surface area contributed by atoms with Gasteiger partial charge in [0, 0.05) is 4.90 Å². The molecule has 0 radical (unpaired) electrons. The van der Waals surface area contributed by atoms with Gasteiger partial charge < -0.3 is 4.74 Å². The fourth-order valence-corrected chi connectivity index (χ4v) is 3.81. The zero-order chi connectivity index (χ0) is 15.2. The first kappa shape index (κ1) is 16.4. The average Bonchev–Trinajstić information content (AvgIpc) is 2.46. The Hall–Kier alpha value is -0.960. The third-order valence-corrected chi connectivity index (χ3v) is 5.33. The van der Waals surface area contributed by atoms with Gasteiger partial charge in [-0.1, -0.05) is 45.4 Å². The predicted molar refractivity (Wildman–Crippen MR) is 88.4 cm³/mol. The summed E-state index contributed by atoms with van der Waals surface area (Å²) in [5, 5.41) is 0. The number of hydrogen-bond acceptors (Lipinski definition) is 3. The highest BCUT2D eigenvalue weighted by Gasteiger charge is 2.33. The molecule has 3 atom stereocenters. The van der Waals surface area contributed by atoms with E-state index >= 15 is 0 Å². The molecule has 1 aliphatic carbocycles. The summed E-state index contributed by atoms with van der Waals surface area (Å²) in [5.41, 5.74) is 0.